The Morgan fingerprint density at radius 2 is 1.88 bits per heavy atom. The van der Waals surface area contributed by atoms with Crippen molar-refractivity contribution in [3.8, 4) is 11.5 Å². The molecule has 1 aliphatic rings. The number of amides is 1. The third-order valence-electron chi connectivity index (χ3n) is 5.07. The van der Waals surface area contributed by atoms with E-state index in [1.54, 1.807) is 37.4 Å². The van der Waals surface area contributed by atoms with Gasteiger partial charge in [0.05, 0.1) is 23.1 Å². The lowest BCUT2D eigenvalue weighted by Crippen LogP contribution is -2.17. The Bertz CT molecular complexity index is 1320. The van der Waals surface area contributed by atoms with Crippen molar-refractivity contribution in [3.05, 3.63) is 66.2 Å². The van der Waals surface area contributed by atoms with Gasteiger partial charge in [0.15, 0.2) is 17.3 Å². The number of nitrogens with one attached hydrogen (secondary N) is 4. The van der Waals surface area contributed by atoms with Crippen LogP contribution in [0.3, 0.4) is 0 Å². The van der Waals surface area contributed by atoms with E-state index in [9.17, 15) is 9.18 Å². The van der Waals surface area contributed by atoms with Crippen LogP contribution in [0.15, 0.2) is 54.7 Å². The van der Waals surface area contributed by atoms with Crippen LogP contribution in [0.1, 0.15) is 10.5 Å². The summed E-state index contributed by atoms with van der Waals surface area (Å²) < 4.78 is 25.6. The molecule has 0 unspecified atom stereocenters. The number of benzene rings is 2. The molecule has 0 fully saturated rings. The number of ether oxygens (including phenoxy) is 2. The molecular weight excluding hydrogens is 413 g/mol. The van der Waals surface area contributed by atoms with Crippen LogP contribution in [0.4, 0.5) is 27.3 Å². The number of halogens is 1. The number of pyridine rings is 1. The van der Waals surface area contributed by atoms with Crippen molar-refractivity contribution in [1.82, 2.24) is 15.3 Å². The average molecular weight is 433 g/mol. The molecule has 0 bridgehead atoms. The second-order valence-corrected chi connectivity index (χ2v) is 7.19. The van der Waals surface area contributed by atoms with Crippen molar-refractivity contribution in [2.45, 2.75) is 0 Å². The summed E-state index contributed by atoms with van der Waals surface area (Å²) in [6.07, 6.45) is 1.15. The van der Waals surface area contributed by atoms with Crippen LogP contribution in [0.25, 0.3) is 10.9 Å². The molecule has 4 aromatic rings. The van der Waals surface area contributed by atoms with E-state index in [2.05, 4.69) is 25.9 Å². The fourth-order valence-corrected chi connectivity index (χ4v) is 3.53. The first-order valence-corrected chi connectivity index (χ1v) is 10.0. The third-order valence-corrected chi connectivity index (χ3v) is 5.07. The van der Waals surface area contributed by atoms with E-state index in [1.165, 1.54) is 0 Å². The number of aromatic amines is 1. The van der Waals surface area contributed by atoms with Gasteiger partial charge in [-0.15, -0.1) is 0 Å². The van der Waals surface area contributed by atoms with Crippen molar-refractivity contribution in [2.75, 3.05) is 30.9 Å². The molecule has 1 amide bonds. The minimum Gasteiger partial charge on any atom is -0.486 e. The first-order chi connectivity index (χ1) is 15.6. The Morgan fingerprint density at radius 1 is 1.03 bits per heavy atom. The molecule has 0 atom stereocenters. The molecular formula is C23H20FN5O3. The van der Waals surface area contributed by atoms with Gasteiger partial charge in [0.25, 0.3) is 5.91 Å². The molecule has 2 aromatic heterocycles. The van der Waals surface area contributed by atoms with Gasteiger partial charge < -0.3 is 30.4 Å². The summed E-state index contributed by atoms with van der Waals surface area (Å²) in [6, 6.07) is 14.3. The summed E-state index contributed by atoms with van der Waals surface area (Å²) in [7, 11) is 1.58. The molecule has 1 aliphatic heterocycles. The summed E-state index contributed by atoms with van der Waals surface area (Å²) >= 11 is 0. The number of hydrogen-bond donors (Lipinski definition) is 4. The summed E-state index contributed by atoms with van der Waals surface area (Å²) in [5, 5.41) is 9.72. The molecule has 0 radical (unpaired) electrons. The number of carbonyl (C=O) groups excluding carboxylic acids is 1. The first kappa shape index (κ1) is 19.7. The number of hydrogen-bond acceptors (Lipinski definition) is 6. The van der Waals surface area contributed by atoms with E-state index >= 15 is 0 Å². The van der Waals surface area contributed by atoms with Gasteiger partial charge in [0.1, 0.15) is 24.7 Å². The minimum absolute atomic E-state index is 0.210. The van der Waals surface area contributed by atoms with Gasteiger partial charge in [0, 0.05) is 30.3 Å². The molecule has 3 heterocycles. The highest BCUT2D eigenvalue weighted by Gasteiger charge is 2.14. The quantitative estimate of drug-likeness (QED) is 0.374. The summed E-state index contributed by atoms with van der Waals surface area (Å²) in [5.41, 5.74) is 2.82. The Balaban J connectivity index is 1.42. The summed E-state index contributed by atoms with van der Waals surface area (Å²) in [5.74, 6) is 1.01. The van der Waals surface area contributed by atoms with Crippen molar-refractivity contribution >= 4 is 39.7 Å². The average Bonchev–Trinajstić information content (AvgIpc) is 3.26. The smallest absolute Gasteiger partial charge is 0.267 e. The van der Waals surface area contributed by atoms with Crippen LogP contribution >= 0.6 is 0 Å². The predicted molar refractivity (Wildman–Crippen MR) is 120 cm³/mol. The van der Waals surface area contributed by atoms with Gasteiger partial charge >= 0.3 is 0 Å². The lowest BCUT2D eigenvalue weighted by Gasteiger charge is -2.19. The van der Waals surface area contributed by atoms with E-state index in [0.29, 0.717) is 47.6 Å². The predicted octanol–water partition coefficient (Wildman–Crippen LogP) is 4.32. The number of rotatable bonds is 5. The van der Waals surface area contributed by atoms with E-state index in [1.807, 2.05) is 18.2 Å². The van der Waals surface area contributed by atoms with Gasteiger partial charge in [-0.25, -0.2) is 9.37 Å². The molecule has 0 saturated heterocycles. The first-order valence-electron chi connectivity index (χ1n) is 10.0. The topological polar surface area (TPSA) is 100 Å². The third kappa shape index (κ3) is 3.76. The molecule has 4 N–H and O–H groups in total. The lowest BCUT2D eigenvalue weighted by molar-refractivity contribution is 0.0959. The fourth-order valence-electron chi connectivity index (χ4n) is 3.53. The van der Waals surface area contributed by atoms with Crippen molar-refractivity contribution < 1.29 is 18.7 Å². The van der Waals surface area contributed by atoms with Gasteiger partial charge in [-0.2, -0.15) is 0 Å². The Kier molecular flexibility index (Phi) is 4.98. The monoisotopic (exact) mass is 433 g/mol. The summed E-state index contributed by atoms with van der Waals surface area (Å²) in [4.78, 5) is 19.2. The van der Waals surface area contributed by atoms with Crippen molar-refractivity contribution in [1.29, 1.82) is 0 Å². The number of carbonyl (C=O) groups is 1. The highest BCUT2D eigenvalue weighted by Crippen LogP contribution is 2.34. The Labute approximate surface area is 182 Å². The standard InChI is InChI=1S/C23H20FN5O3/c1-25-23(30)18-9-13-3-2-4-16(22(13)29-18)28-21-11-17(15(24)12-26-21)27-14-5-6-19-20(10-14)32-8-7-31-19/h2-6,9-12,29H,7-8H2,1H3,(H,25,30)(H2,26,27,28). The van der Waals surface area contributed by atoms with E-state index < -0.39 is 5.82 Å². The highest BCUT2D eigenvalue weighted by atomic mass is 19.1. The number of H-pyrrole nitrogens is 1. The molecule has 0 spiro atoms. The van der Waals surface area contributed by atoms with Crippen LogP contribution < -0.4 is 25.4 Å². The van der Waals surface area contributed by atoms with E-state index in [-0.39, 0.29) is 11.6 Å². The Hall–Kier alpha value is -4.27. The van der Waals surface area contributed by atoms with Crippen molar-refractivity contribution in [2.24, 2.45) is 0 Å². The maximum absolute atomic E-state index is 14.5. The normalized spacial score (nSPS) is 12.4. The zero-order chi connectivity index (χ0) is 22.1. The minimum atomic E-state index is -0.495. The molecule has 162 valence electrons. The van der Waals surface area contributed by atoms with Gasteiger partial charge in [0.2, 0.25) is 0 Å². The van der Waals surface area contributed by atoms with Crippen molar-refractivity contribution in [3.63, 3.8) is 0 Å². The number of para-hydroxylation sites is 1. The molecule has 2 aromatic carbocycles. The van der Waals surface area contributed by atoms with Crippen LogP contribution in [-0.2, 0) is 0 Å². The molecule has 5 rings (SSSR count). The van der Waals surface area contributed by atoms with Crippen LogP contribution in [0.2, 0.25) is 0 Å². The molecule has 0 saturated carbocycles. The largest absolute Gasteiger partial charge is 0.486 e. The number of aromatic nitrogens is 2. The van der Waals surface area contributed by atoms with Gasteiger partial charge in [-0.3, -0.25) is 4.79 Å². The molecule has 9 heteroatoms. The zero-order valence-electron chi connectivity index (χ0n) is 17.2. The number of anilines is 4. The van der Waals surface area contributed by atoms with Crippen LogP contribution in [0.5, 0.6) is 11.5 Å². The molecule has 8 nitrogen and oxygen atoms in total. The van der Waals surface area contributed by atoms with Crippen LogP contribution in [-0.4, -0.2) is 36.1 Å². The fraction of sp³-hybridized carbons (Fsp3) is 0.130. The highest BCUT2D eigenvalue weighted by molar-refractivity contribution is 6.01. The van der Waals surface area contributed by atoms with Gasteiger partial charge in [-0.1, -0.05) is 12.1 Å². The van der Waals surface area contributed by atoms with E-state index in [4.69, 9.17) is 9.47 Å². The maximum atomic E-state index is 14.5. The molecule has 0 aliphatic carbocycles. The SMILES string of the molecule is CNC(=O)c1cc2cccc(Nc3cc(Nc4ccc5c(c4)OCCO5)c(F)cn3)c2[nH]1. The second kappa shape index (κ2) is 8.10. The lowest BCUT2D eigenvalue weighted by atomic mass is 10.2. The summed E-state index contributed by atoms with van der Waals surface area (Å²) in [6.45, 7) is 0.978. The zero-order valence-corrected chi connectivity index (χ0v) is 17.2. The Morgan fingerprint density at radius 3 is 2.72 bits per heavy atom. The number of fused-ring (bicyclic) bond motifs is 2. The van der Waals surface area contributed by atoms with Gasteiger partial charge in [-0.05, 0) is 24.3 Å². The van der Waals surface area contributed by atoms with E-state index in [0.717, 1.165) is 17.1 Å². The molecule has 32 heavy (non-hydrogen) atoms. The van der Waals surface area contributed by atoms with Crippen LogP contribution in [0, 0.1) is 5.82 Å². The number of nitrogens with zero attached hydrogens (tertiary/aromatic N) is 1. The second-order valence-electron chi connectivity index (χ2n) is 7.19. The maximum Gasteiger partial charge on any atom is 0.267 e.